The zero-order valence-corrected chi connectivity index (χ0v) is 13.5. The molecule has 0 bridgehead atoms. The quantitative estimate of drug-likeness (QED) is 0.670. The van der Waals surface area contributed by atoms with Crippen LogP contribution in [-0.4, -0.2) is 54.4 Å². The van der Waals surface area contributed by atoms with E-state index in [0.29, 0.717) is 13.1 Å². The molecule has 2 aliphatic carbocycles. The van der Waals surface area contributed by atoms with Crippen LogP contribution < -0.4 is 10.6 Å². The number of urea groups is 1. The smallest absolute Gasteiger partial charge is 0.314 e. The van der Waals surface area contributed by atoms with Crippen LogP contribution in [0, 0.1) is 5.41 Å². The second-order valence-electron chi connectivity index (χ2n) is 6.88. The Balaban J connectivity index is 1.62. The molecule has 0 aliphatic heterocycles. The number of hydrogen-bond acceptors (Lipinski definition) is 3. The summed E-state index contributed by atoms with van der Waals surface area (Å²) in [5.74, 6) is 0. The predicted molar refractivity (Wildman–Crippen MR) is 84.3 cm³/mol. The van der Waals surface area contributed by atoms with E-state index in [1.54, 1.807) is 0 Å². The Labute approximate surface area is 128 Å². The van der Waals surface area contributed by atoms with Gasteiger partial charge in [-0.25, -0.2) is 4.79 Å². The molecule has 0 heterocycles. The number of aliphatic hydroxyl groups excluding tert-OH is 1. The van der Waals surface area contributed by atoms with Crippen molar-refractivity contribution >= 4 is 6.03 Å². The molecule has 2 amide bonds. The first-order valence-corrected chi connectivity index (χ1v) is 8.49. The molecule has 122 valence electrons. The molecule has 0 saturated heterocycles. The van der Waals surface area contributed by atoms with Crippen molar-refractivity contribution in [3.63, 3.8) is 0 Å². The van der Waals surface area contributed by atoms with Crippen molar-refractivity contribution in [1.82, 2.24) is 15.5 Å². The number of likely N-dealkylation sites (N-methyl/N-ethyl adjacent to an activating group) is 1. The fourth-order valence-corrected chi connectivity index (χ4v) is 3.28. The third-order valence-electron chi connectivity index (χ3n) is 5.09. The molecule has 3 N–H and O–H groups in total. The molecule has 2 atom stereocenters. The van der Waals surface area contributed by atoms with Crippen LogP contribution >= 0.6 is 0 Å². The van der Waals surface area contributed by atoms with Gasteiger partial charge < -0.3 is 15.7 Å². The SMILES string of the molecule is CCN(CCNC(=O)NCC1(C)CCCCC1O)C1CC1. The normalized spacial score (nSPS) is 29.4. The molecule has 5 heteroatoms. The third kappa shape index (κ3) is 4.85. The number of amides is 2. The predicted octanol–water partition coefficient (Wildman–Crippen LogP) is 1.71. The Hall–Kier alpha value is -0.810. The highest BCUT2D eigenvalue weighted by molar-refractivity contribution is 5.73. The van der Waals surface area contributed by atoms with Gasteiger partial charge in [0.2, 0.25) is 0 Å². The molecular weight excluding hydrogens is 266 g/mol. The Morgan fingerprint density at radius 2 is 2.05 bits per heavy atom. The van der Waals surface area contributed by atoms with E-state index in [1.807, 2.05) is 0 Å². The largest absolute Gasteiger partial charge is 0.392 e. The minimum absolute atomic E-state index is 0.110. The molecule has 0 aromatic rings. The van der Waals surface area contributed by atoms with Crippen molar-refractivity contribution in [2.75, 3.05) is 26.2 Å². The van der Waals surface area contributed by atoms with Crippen LogP contribution in [0.4, 0.5) is 4.79 Å². The standard InChI is InChI=1S/C16H31N3O2/c1-3-19(13-7-8-13)11-10-17-15(21)18-12-16(2)9-5-4-6-14(16)20/h13-14,20H,3-12H2,1-2H3,(H2,17,18,21). The zero-order chi connectivity index (χ0) is 15.3. The van der Waals surface area contributed by atoms with E-state index < -0.39 is 0 Å². The van der Waals surface area contributed by atoms with Crippen LogP contribution in [0.2, 0.25) is 0 Å². The Bertz CT molecular complexity index is 346. The van der Waals surface area contributed by atoms with E-state index in [-0.39, 0.29) is 17.6 Å². The zero-order valence-electron chi connectivity index (χ0n) is 13.5. The highest BCUT2D eigenvalue weighted by Gasteiger charge is 2.35. The van der Waals surface area contributed by atoms with Crippen LogP contribution in [0.15, 0.2) is 0 Å². The lowest BCUT2D eigenvalue weighted by Crippen LogP contribution is -2.48. The summed E-state index contributed by atoms with van der Waals surface area (Å²) in [7, 11) is 0. The summed E-state index contributed by atoms with van der Waals surface area (Å²) < 4.78 is 0. The lowest BCUT2D eigenvalue weighted by atomic mass is 9.73. The third-order valence-corrected chi connectivity index (χ3v) is 5.09. The Morgan fingerprint density at radius 3 is 2.67 bits per heavy atom. The molecule has 0 spiro atoms. The van der Waals surface area contributed by atoms with Gasteiger partial charge in [0.15, 0.2) is 0 Å². The minimum Gasteiger partial charge on any atom is -0.392 e. The Morgan fingerprint density at radius 1 is 1.29 bits per heavy atom. The van der Waals surface area contributed by atoms with Gasteiger partial charge in [0.25, 0.3) is 0 Å². The van der Waals surface area contributed by atoms with Gasteiger partial charge in [-0.2, -0.15) is 0 Å². The lowest BCUT2D eigenvalue weighted by molar-refractivity contribution is 0.00309. The number of nitrogens with zero attached hydrogens (tertiary/aromatic N) is 1. The number of nitrogens with one attached hydrogen (secondary N) is 2. The molecule has 21 heavy (non-hydrogen) atoms. The maximum Gasteiger partial charge on any atom is 0.314 e. The van der Waals surface area contributed by atoms with Crippen LogP contribution in [0.25, 0.3) is 0 Å². The highest BCUT2D eigenvalue weighted by Crippen LogP contribution is 2.35. The summed E-state index contributed by atoms with van der Waals surface area (Å²) in [6.45, 7) is 7.47. The summed E-state index contributed by atoms with van der Waals surface area (Å²) in [6.07, 6.45) is 6.39. The van der Waals surface area contributed by atoms with Crippen molar-refractivity contribution < 1.29 is 9.90 Å². The van der Waals surface area contributed by atoms with Crippen molar-refractivity contribution in [3.8, 4) is 0 Å². The number of carbonyl (C=O) groups is 1. The van der Waals surface area contributed by atoms with Crippen molar-refractivity contribution in [3.05, 3.63) is 0 Å². The van der Waals surface area contributed by atoms with Crippen LogP contribution in [0.1, 0.15) is 52.4 Å². The van der Waals surface area contributed by atoms with Gasteiger partial charge in [0, 0.05) is 31.1 Å². The van der Waals surface area contributed by atoms with E-state index in [1.165, 1.54) is 12.8 Å². The molecule has 0 aromatic heterocycles. The fraction of sp³-hybridized carbons (Fsp3) is 0.938. The monoisotopic (exact) mass is 297 g/mol. The summed E-state index contributed by atoms with van der Waals surface area (Å²) in [5.41, 5.74) is -0.168. The average molecular weight is 297 g/mol. The topological polar surface area (TPSA) is 64.6 Å². The number of hydrogen-bond donors (Lipinski definition) is 3. The maximum atomic E-state index is 11.9. The van der Waals surface area contributed by atoms with E-state index in [2.05, 4.69) is 29.4 Å². The van der Waals surface area contributed by atoms with E-state index in [0.717, 1.165) is 44.8 Å². The Kier molecular flexibility index (Phi) is 5.88. The molecular formula is C16H31N3O2. The van der Waals surface area contributed by atoms with Crippen LogP contribution in [0.5, 0.6) is 0 Å². The van der Waals surface area contributed by atoms with Gasteiger partial charge in [-0.15, -0.1) is 0 Å². The van der Waals surface area contributed by atoms with Crippen LogP contribution in [-0.2, 0) is 0 Å². The highest BCUT2D eigenvalue weighted by atomic mass is 16.3. The maximum absolute atomic E-state index is 11.9. The second-order valence-corrected chi connectivity index (χ2v) is 6.88. The van der Waals surface area contributed by atoms with Gasteiger partial charge in [-0.05, 0) is 32.2 Å². The summed E-state index contributed by atoms with van der Waals surface area (Å²) in [6, 6.07) is 0.636. The van der Waals surface area contributed by atoms with E-state index in [4.69, 9.17) is 0 Å². The summed E-state index contributed by atoms with van der Waals surface area (Å²) in [4.78, 5) is 14.3. The molecule has 2 saturated carbocycles. The van der Waals surface area contributed by atoms with Crippen molar-refractivity contribution in [1.29, 1.82) is 0 Å². The van der Waals surface area contributed by atoms with Gasteiger partial charge >= 0.3 is 6.03 Å². The number of aliphatic hydroxyl groups is 1. The van der Waals surface area contributed by atoms with Gasteiger partial charge in [0.1, 0.15) is 0 Å². The summed E-state index contributed by atoms with van der Waals surface area (Å²) in [5, 5.41) is 16.0. The van der Waals surface area contributed by atoms with Crippen molar-refractivity contribution in [2.24, 2.45) is 5.41 Å². The first-order valence-electron chi connectivity index (χ1n) is 8.49. The molecule has 5 nitrogen and oxygen atoms in total. The van der Waals surface area contributed by atoms with E-state index in [9.17, 15) is 9.90 Å². The van der Waals surface area contributed by atoms with E-state index >= 15 is 0 Å². The fourth-order valence-electron chi connectivity index (χ4n) is 3.28. The lowest BCUT2D eigenvalue weighted by Gasteiger charge is -2.38. The molecule has 2 aliphatic rings. The van der Waals surface area contributed by atoms with Gasteiger partial charge in [0.05, 0.1) is 6.10 Å². The van der Waals surface area contributed by atoms with Gasteiger partial charge in [-0.1, -0.05) is 26.7 Å². The van der Waals surface area contributed by atoms with Gasteiger partial charge in [-0.3, -0.25) is 4.90 Å². The minimum atomic E-state index is -0.294. The molecule has 2 unspecified atom stereocenters. The molecule has 0 aromatic carbocycles. The average Bonchev–Trinajstić information content (AvgIpc) is 3.30. The molecule has 0 radical (unpaired) electrons. The number of rotatable bonds is 7. The first-order chi connectivity index (χ1) is 10.0. The molecule has 2 fully saturated rings. The second kappa shape index (κ2) is 7.45. The van der Waals surface area contributed by atoms with Crippen LogP contribution in [0.3, 0.4) is 0 Å². The number of carbonyl (C=O) groups excluding carboxylic acids is 1. The molecule has 2 rings (SSSR count). The summed E-state index contributed by atoms with van der Waals surface area (Å²) >= 11 is 0. The van der Waals surface area contributed by atoms with Crippen molar-refractivity contribution in [2.45, 2.75) is 64.5 Å². The first kappa shape index (κ1) is 16.6.